The third-order valence-electron chi connectivity index (χ3n) is 1.49. The summed E-state index contributed by atoms with van der Waals surface area (Å²) in [6.07, 6.45) is 0. The molecule has 1 aromatic heterocycles. The highest BCUT2D eigenvalue weighted by atomic mass is 79.9. The van der Waals surface area contributed by atoms with Crippen LogP contribution in [0.5, 0.6) is 5.75 Å². The molecule has 0 radical (unpaired) electrons. The lowest BCUT2D eigenvalue weighted by Gasteiger charge is -1.92. The molecule has 1 aromatic carbocycles. The number of fused-ring (bicyclic) bond motifs is 1. The summed E-state index contributed by atoms with van der Waals surface area (Å²) >= 11 is 1.02. The number of rotatable bonds is 0. The zero-order valence-corrected chi connectivity index (χ0v) is 8.85. The Bertz CT molecular complexity index is 406. The minimum absolute atomic E-state index is 0. The third kappa shape index (κ3) is 1.59. The molecule has 3 N–H and O–H groups in total. The van der Waals surface area contributed by atoms with Crippen molar-refractivity contribution in [2.75, 3.05) is 5.73 Å². The first-order valence-corrected chi connectivity index (χ1v) is 4.03. The predicted molar refractivity (Wildman–Crippen MR) is 56.0 cm³/mol. The van der Waals surface area contributed by atoms with Gasteiger partial charge in [-0.25, -0.2) is 9.37 Å². The van der Waals surface area contributed by atoms with Crippen molar-refractivity contribution >= 4 is 43.7 Å². The molecule has 0 aliphatic heterocycles. The second-order valence-corrected chi connectivity index (χ2v) is 3.33. The molecule has 0 aliphatic carbocycles. The number of nitrogens with zero attached hydrogens (tertiary/aromatic N) is 1. The first-order chi connectivity index (χ1) is 5.68. The van der Waals surface area contributed by atoms with E-state index in [4.69, 9.17) is 5.73 Å². The highest BCUT2D eigenvalue weighted by Gasteiger charge is 2.09. The van der Waals surface area contributed by atoms with Gasteiger partial charge in [-0.15, -0.1) is 17.0 Å². The normalized spacial score (nSPS) is 9.92. The van der Waals surface area contributed by atoms with Gasteiger partial charge in [-0.2, -0.15) is 0 Å². The Kier molecular flexibility index (Phi) is 2.72. The number of nitrogen functional groups attached to an aromatic ring is 1. The lowest BCUT2D eigenvalue weighted by molar-refractivity contribution is 0.479. The Balaban J connectivity index is 0.000000845. The number of halogens is 2. The van der Waals surface area contributed by atoms with Crippen molar-refractivity contribution in [3.05, 3.63) is 17.9 Å². The molecule has 1 heterocycles. The number of anilines is 1. The van der Waals surface area contributed by atoms with Gasteiger partial charge in [0.2, 0.25) is 0 Å². The molecule has 0 atom stereocenters. The second-order valence-electron chi connectivity index (χ2n) is 2.30. The van der Waals surface area contributed by atoms with Crippen LogP contribution in [0.15, 0.2) is 12.1 Å². The molecule has 0 unspecified atom stereocenters. The number of hydrogen-bond donors (Lipinski definition) is 2. The number of aromatic hydroxyl groups is 1. The van der Waals surface area contributed by atoms with Crippen LogP contribution < -0.4 is 5.73 Å². The lowest BCUT2D eigenvalue weighted by atomic mass is 10.3. The van der Waals surface area contributed by atoms with Gasteiger partial charge in [0.05, 0.1) is 4.70 Å². The van der Waals surface area contributed by atoms with Crippen LogP contribution in [0.1, 0.15) is 0 Å². The standard InChI is InChI=1S/C7H5FN2OS.BrH/c8-3-1-2-4(11)5-6(3)12-7(9)10-5;/h1-2,11H,(H2,9,10);1H. The van der Waals surface area contributed by atoms with E-state index in [9.17, 15) is 9.50 Å². The average molecular weight is 265 g/mol. The van der Waals surface area contributed by atoms with Crippen molar-refractivity contribution in [1.29, 1.82) is 0 Å². The average Bonchev–Trinajstić information content (AvgIpc) is 2.41. The summed E-state index contributed by atoms with van der Waals surface area (Å²) in [5, 5.41) is 9.49. The zero-order valence-electron chi connectivity index (χ0n) is 6.32. The van der Waals surface area contributed by atoms with E-state index in [1.165, 1.54) is 12.1 Å². The number of thiazole rings is 1. The quantitative estimate of drug-likeness (QED) is 0.768. The van der Waals surface area contributed by atoms with E-state index in [2.05, 4.69) is 4.98 Å². The molecule has 0 aliphatic rings. The van der Waals surface area contributed by atoms with Crippen LogP contribution in [-0.4, -0.2) is 10.1 Å². The van der Waals surface area contributed by atoms with Gasteiger partial charge in [-0.3, -0.25) is 0 Å². The lowest BCUT2D eigenvalue weighted by Crippen LogP contribution is -1.79. The van der Waals surface area contributed by atoms with Crippen molar-refractivity contribution in [1.82, 2.24) is 4.98 Å². The van der Waals surface area contributed by atoms with E-state index in [1.807, 2.05) is 0 Å². The summed E-state index contributed by atoms with van der Waals surface area (Å²) in [6.45, 7) is 0. The van der Waals surface area contributed by atoms with E-state index in [-0.39, 0.29) is 33.4 Å². The van der Waals surface area contributed by atoms with Gasteiger partial charge >= 0.3 is 0 Å². The fraction of sp³-hybridized carbons (Fsp3) is 0. The van der Waals surface area contributed by atoms with Crippen molar-refractivity contribution in [2.24, 2.45) is 0 Å². The van der Waals surface area contributed by atoms with E-state index in [0.29, 0.717) is 4.70 Å². The van der Waals surface area contributed by atoms with Crippen LogP contribution in [-0.2, 0) is 0 Å². The summed E-state index contributed by atoms with van der Waals surface area (Å²) in [5.41, 5.74) is 5.59. The maximum absolute atomic E-state index is 13.0. The molecule has 70 valence electrons. The van der Waals surface area contributed by atoms with E-state index in [1.54, 1.807) is 0 Å². The van der Waals surface area contributed by atoms with E-state index >= 15 is 0 Å². The highest BCUT2D eigenvalue weighted by Crippen LogP contribution is 2.31. The molecule has 0 spiro atoms. The van der Waals surface area contributed by atoms with E-state index in [0.717, 1.165) is 11.3 Å². The summed E-state index contributed by atoms with van der Waals surface area (Å²) in [5.74, 6) is -0.448. The maximum atomic E-state index is 13.0. The molecular formula is C7H6BrFN2OS. The van der Waals surface area contributed by atoms with Gasteiger partial charge in [0.25, 0.3) is 0 Å². The molecule has 0 bridgehead atoms. The number of nitrogens with two attached hydrogens (primary N) is 1. The molecule has 0 fully saturated rings. The van der Waals surface area contributed by atoms with Gasteiger partial charge in [0.15, 0.2) is 5.13 Å². The van der Waals surface area contributed by atoms with Gasteiger partial charge in [-0.1, -0.05) is 11.3 Å². The zero-order chi connectivity index (χ0) is 8.72. The Morgan fingerprint density at radius 2 is 2.15 bits per heavy atom. The Hall–Kier alpha value is -0.880. The summed E-state index contributed by atoms with van der Waals surface area (Å²) in [4.78, 5) is 3.78. The highest BCUT2D eigenvalue weighted by molar-refractivity contribution is 8.93. The Morgan fingerprint density at radius 1 is 1.46 bits per heavy atom. The first-order valence-electron chi connectivity index (χ1n) is 3.22. The number of phenolic OH excluding ortho intramolecular Hbond substituents is 1. The maximum Gasteiger partial charge on any atom is 0.181 e. The molecule has 13 heavy (non-hydrogen) atoms. The number of benzene rings is 1. The first kappa shape index (κ1) is 10.2. The smallest absolute Gasteiger partial charge is 0.181 e. The summed E-state index contributed by atoms with van der Waals surface area (Å²) < 4.78 is 13.3. The Morgan fingerprint density at radius 3 is 2.77 bits per heavy atom. The van der Waals surface area contributed by atoms with Crippen molar-refractivity contribution in [3.8, 4) is 5.75 Å². The van der Waals surface area contributed by atoms with Crippen LogP contribution in [0.4, 0.5) is 9.52 Å². The minimum atomic E-state index is -0.406. The van der Waals surface area contributed by atoms with Crippen molar-refractivity contribution in [2.45, 2.75) is 0 Å². The number of hydrogen-bond acceptors (Lipinski definition) is 4. The van der Waals surface area contributed by atoms with Crippen LogP contribution in [0.2, 0.25) is 0 Å². The molecule has 3 nitrogen and oxygen atoms in total. The van der Waals surface area contributed by atoms with Crippen LogP contribution in [0.25, 0.3) is 10.2 Å². The van der Waals surface area contributed by atoms with Crippen LogP contribution >= 0.6 is 28.3 Å². The minimum Gasteiger partial charge on any atom is -0.506 e. The molecule has 0 amide bonds. The molecule has 2 rings (SSSR count). The molecule has 0 saturated heterocycles. The second kappa shape index (κ2) is 3.47. The van der Waals surface area contributed by atoms with Crippen molar-refractivity contribution in [3.63, 3.8) is 0 Å². The third-order valence-corrected chi connectivity index (χ3v) is 2.38. The number of aromatic nitrogens is 1. The fourth-order valence-corrected chi connectivity index (χ4v) is 1.74. The topological polar surface area (TPSA) is 59.1 Å². The number of phenols is 1. The predicted octanol–water partition coefficient (Wildman–Crippen LogP) is 2.30. The largest absolute Gasteiger partial charge is 0.506 e. The van der Waals surface area contributed by atoms with Crippen LogP contribution in [0.3, 0.4) is 0 Å². The van der Waals surface area contributed by atoms with Crippen molar-refractivity contribution < 1.29 is 9.50 Å². The monoisotopic (exact) mass is 264 g/mol. The summed E-state index contributed by atoms with van der Waals surface area (Å²) in [6, 6.07) is 2.45. The molecule has 0 saturated carbocycles. The van der Waals surface area contributed by atoms with E-state index < -0.39 is 5.82 Å². The molecular weight excluding hydrogens is 259 g/mol. The molecule has 2 aromatic rings. The Labute approximate surface area is 87.8 Å². The fourth-order valence-electron chi connectivity index (χ4n) is 0.979. The van der Waals surface area contributed by atoms with Gasteiger partial charge in [0.1, 0.15) is 17.1 Å². The van der Waals surface area contributed by atoms with Gasteiger partial charge in [-0.05, 0) is 12.1 Å². The van der Waals surface area contributed by atoms with Gasteiger partial charge < -0.3 is 10.8 Å². The SMILES string of the molecule is Br.Nc1nc2c(O)ccc(F)c2s1. The molecule has 6 heteroatoms. The van der Waals surface area contributed by atoms with Crippen LogP contribution in [0, 0.1) is 5.82 Å². The van der Waals surface area contributed by atoms with Gasteiger partial charge in [0, 0.05) is 0 Å². The summed E-state index contributed by atoms with van der Waals surface area (Å²) in [7, 11) is 0.